The van der Waals surface area contributed by atoms with Crippen LogP contribution in [0.5, 0.6) is 11.5 Å². The Bertz CT molecular complexity index is 415. The van der Waals surface area contributed by atoms with Gasteiger partial charge in [0.05, 0.1) is 18.6 Å². The molecule has 1 atom stereocenters. The van der Waals surface area contributed by atoms with Gasteiger partial charge < -0.3 is 9.47 Å². The molecule has 1 aliphatic rings. The quantitative estimate of drug-likeness (QED) is 0.602. The van der Waals surface area contributed by atoms with Gasteiger partial charge in [-0.15, -0.1) is 11.6 Å². The first kappa shape index (κ1) is 15.5. The maximum absolute atomic E-state index is 6.57. The molecule has 1 saturated carbocycles. The van der Waals surface area contributed by atoms with Crippen molar-refractivity contribution < 1.29 is 9.47 Å². The average molecular weight is 297 g/mol. The van der Waals surface area contributed by atoms with E-state index in [1.807, 2.05) is 6.07 Å². The Hall–Kier alpha value is -0.890. The molecule has 0 aliphatic heterocycles. The van der Waals surface area contributed by atoms with Crippen molar-refractivity contribution in [3.05, 3.63) is 23.8 Å². The van der Waals surface area contributed by atoms with Gasteiger partial charge in [-0.05, 0) is 49.3 Å². The Morgan fingerprint density at radius 2 is 1.75 bits per heavy atom. The van der Waals surface area contributed by atoms with Crippen LogP contribution in [0.4, 0.5) is 0 Å². The molecular formula is C17H25ClO2. The summed E-state index contributed by atoms with van der Waals surface area (Å²) < 4.78 is 11.6. The molecule has 1 fully saturated rings. The lowest BCUT2D eigenvalue weighted by molar-refractivity contribution is 0.267. The minimum Gasteiger partial charge on any atom is -0.490 e. The molecule has 1 aromatic rings. The van der Waals surface area contributed by atoms with Crippen molar-refractivity contribution in [3.63, 3.8) is 0 Å². The molecule has 0 radical (unpaired) electrons. The van der Waals surface area contributed by atoms with Crippen molar-refractivity contribution in [1.29, 1.82) is 0 Å². The maximum atomic E-state index is 6.57. The second-order valence-corrected chi connectivity index (χ2v) is 5.97. The van der Waals surface area contributed by atoms with Crippen LogP contribution in [0, 0.1) is 5.92 Å². The van der Waals surface area contributed by atoms with Crippen molar-refractivity contribution in [2.45, 2.75) is 51.3 Å². The van der Waals surface area contributed by atoms with E-state index in [1.165, 1.54) is 19.3 Å². The van der Waals surface area contributed by atoms with E-state index < -0.39 is 0 Å². The number of alkyl halides is 1. The molecular weight excluding hydrogens is 272 g/mol. The molecule has 2 nitrogen and oxygen atoms in total. The van der Waals surface area contributed by atoms with E-state index in [0.29, 0.717) is 12.5 Å². The Morgan fingerprint density at radius 3 is 2.30 bits per heavy atom. The zero-order chi connectivity index (χ0) is 14.4. The normalized spacial score (nSPS) is 16.6. The smallest absolute Gasteiger partial charge is 0.161 e. The minimum absolute atomic E-state index is 0.105. The van der Waals surface area contributed by atoms with Crippen molar-refractivity contribution in [2.75, 3.05) is 13.2 Å². The summed E-state index contributed by atoms with van der Waals surface area (Å²) in [5.74, 6) is 2.29. The summed E-state index contributed by atoms with van der Waals surface area (Å²) in [4.78, 5) is 0. The Balaban J connectivity index is 2.13. The molecule has 0 bridgehead atoms. The zero-order valence-corrected chi connectivity index (χ0v) is 13.3. The summed E-state index contributed by atoms with van der Waals surface area (Å²) in [7, 11) is 0. The van der Waals surface area contributed by atoms with Gasteiger partial charge in [-0.1, -0.05) is 26.3 Å². The van der Waals surface area contributed by atoms with Crippen molar-refractivity contribution in [3.8, 4) is 11.5 Å². The summed E-state index contributed by atoms with van der Waals surface area (Å²) in [6, 6.07) is 6.15. The molecule has 0 saturated heterocycles. The fourth-order valence-corrected chi connectivity index (χ4v) is 2.74. The Morgan fingerprint density at radius 1 is 1.10 bits per heavy atom. The predicted molar refractivity (Wildman–Crippen MR) is 83.9 cm³/mol. The van der Waals surface area contributed by atoms with Crippen LogP contribution in [0.15, 0.2) is 18.2 Å². The number of benzene rings is 1. The largest absolute Gasteiger partial charge is 0.490 e. The third-order valence-corrected chi connectivity index (χ3v) is 4.38. The van der Waals surface area contributed by atoms with E-state index in [4.69, 9.17) is 21.1 Å². The Kier molecular flexibility index (Phi) is 6.03. The standard InChI is InChI=1S/C17H25ClO2/c1-3-10-19-15-9-8-14(12-16(15)20-11-4-2)17(18)13-6-5-7-13/h8-9,12-13,17H,3-7,10-11H2,1-2H3. The summed E-state index contributed by atoms with van der Waals surface area (Å²) in [6.45, 7) is 5.64. The summed E-state index contributed by atoms with van der Waals surface area (Å²) in [5.41, 5.74) is 1.16. The van der Waals surface area contributed by atoms with Crippen molar-refractivity contribution in [2.24, 2.45) is 5.92 Å². The van der Waals surface area contributed by atoms with Gasteiger partial charge in [0.2, 0.25) is 0 Å². The molecule has 1 aliphatic carbocycles. The van der Waals surface area contributed by atoms with Gasteiger partial charge in [0, 0.05) is 0 Å². The van der Waals surface area contributed by atoms with Crippen LogP contribution in [0.3, 0.4) is 0 Å². The molecule has 1 unspecified atom stereocenters. The average Bonchev–Trinajstić information content (AvgIpc) is 2.41. The number of ether oxygens (including phenoxy) is 2. The molecule has 0 spiro atoms. The fourth-order valence-electron chi connectivity index (χ4n) is 2.36. The first-order valence-electron chi connectivity index (χ1n) is 7.79. The summed E-state index contributed by atoms with van der Waals surface area (Å²) in [5, 5.41) is 0.105. The highest BCUT2D eigenvalue weighted by atomic mass is 35.5. The van der Waals surface area contributed by atoms with Crippen molar-refractivity contribution >= 4 is 11.6 Å². The first-order valence-corrected chi connectivity index (χ1v) is 8.23. The third-order valence-electron chi connectivity index (χ3n) is 3.77. The van der Waals surface area contributed by atoms with Gasteiger partial charge in [-0.25, -0.2) is 0 Å². The van der Waals surface area contributed by atoms with Crippen LogP contribution >= 0.6 is 11.6 Å². The predicted octanol–water partition coefficient (Wildman–Crippen LogP) is 5.34. The topological polar surface area (TPSA) is 18.5 Å². The van der Waals surface area contributed by atoms with Gasteiger partial charge in [0.15, 0.2) is 11.5 Å². The molecule has 112 valence electrons. The van der Waals surface area contributed by atoms with Gasteiger partial charge in [-0.2, -0.15) is 0 Å². The highest BCUT2D eigenvalue weighted by Crippen LogP contribution is 2.43. The number of rotatable bonds is 8. The number of halogens is 1. The van der Waals surface area contributed by atoms with Crippen LogP contribution in [0.1, 0.15) is 56.9 Å². The first-order chi connectivity index (χ1) is 9.76. The lowest BCUT2D eigenvalue weighted by Crippen LogP contribution is -2.16. The molecule has 1 aromatic carbocycles. The number of hydrogen-bond donors (Lipinski definition) is 0. The Labute approximate surface area is 127 Å². The summed E-state index contributed by atoms with van der Waals surface area (Å²) in [6.07, 6.45) is 5.78. The highest BCUT2D eigenvalue weighted by Gasteiger charge is 2.27. The lowest BCUT2D eigenvalue weighted by Gasteiger charge is -2.30. The molecule has 2 rings (SSSR count). The third kappa shape index (κ3) is 3.82. The lowest BCUT2D eigenvalue weighted by atomic mass is 9.80. The minimum atomic E-state index is 0.105. The van der Waals surface area contributed by atoms with E-state index in [1.54, 1.807) is 0 Å². The van der Waals surface area contributed by atoms with Gasteiger partial charge >= 0.3 is 0 Å². The monoisotopic (exact) mass is 296 g/mol. The maximum Gasteiger partial charge on any atom is 0.161 e. The van der Waals surface area contributed by atoms with E-state index in [9.17, 15) is 0 Å². The van der Waals surface area contributed by atoms with Crippen LogP contribution in [0.25, 0.3) is 0 Å². The van der Waals surface area contributed by atoms with E-state index in [0.717, 1.165) is 36.5 Å². The van der Waals surface area contributed by atoms with Gasteiger partial charge in [0.1, 0.15) is 0 Å². The molecule has 0 amide bonds. The van der Waals surface area contributed by atoms with Crippen LogP contribution in [-0.2, 0) is 0 Å². The van der Waals surface area contributed by atoms with E-state index >= 15 is 0 Å². The second kappa shape index (κ2) is 7.78. The molecule has 0 heterocycles. The zero-order valence-electron chi connectivity index (χ0n) is 12.5. The fraction of sp³-hybridized carbons (Fsp3) is 0.647. The van der Waals surface area contributed by atoms with E-state index in [2.05, 4.69) is 26.0 Å². The van der Waals surface area contributed by atoms with Gasteiger partial charge in [-0.3, -0.25) is 0 Å². The molecule has 20 heavy (non-hydrogen) atoms. The van der Waals surface area contributed by atoms with Crippen LogP contribution in [-0.4, -0.2) is 13.2 Å². The van der Waals surface area contributed by atoms with Crippen LogP contribution in [0.2, 0.25) is 0 Å². The SMILES string of the molecule is CCCOc1ccc(C(Cl)C2CCC2)cc1OCCC. The summed E-state index contributed by atoms with van der Waals surface area (Å²) >= 11 is 6.57. The van der Waals surface area contributed by atoms with Gasteiger partial charge in [0.25, 0.3) is 0 Å². The molecule has 3 heteroatoms. The van der Waals surface area contributed by atoms with E-state index in [-0.39, 0.29) is 5.38 Å². The van der Waals surface area contributed by atoms with Crippen molar-refractivity contribution in [1.82, 2.24) is 0 Å². The highest BCUT2D eigenvalue weighted by molar-refractivity contribution is 6.21. The number of hydrogen-bond acceptors (Lipinski definition) is 2. The molecule has 0 N–H and O–H groups in total. The van der Waals surface area contributed by atoms with Crippen LogP contribution < -0.4 is 9.47 Å². The second-order valence-electron chi connectivity index (χ2n) is 5.50. The molecule has 0 aromatic heterocycles.